The maximum atomic E-state index is 13.6. The summed E-state index contributed by atoms with van der Waals surface area (Å²) in [6.45, 7) is 3.95. The molecule has 2 aromatic carbocycles. The second kappa shape index (κ2) is 7.52. The summed E-state index contributed by atoms with van der Waals surface area (Å²) < 4.78 is 15.0. The molecule has 0 unspecified atom stereocenters. The Labute approximate surface area is 197 Å². The summed E-state index contributed by atoms with van der Waals surface area (Å²) in [7, 11) is 8.71. The van der Waals surface area contributed by atoms with Gasteiger partial charge in [-0.25, -0.2) is 0 Å². The average Bonchev–Trinajstić information content (AvgIpc) is 3.33. The first-order valence-electron chi connectivity index (χ1n) is 11.0. The lowest BCUT2D eigenvalue weighted by molar-refractivity contribution is -0.134. The number of carbonyl (C=O) groups is 2. The lowest BCUT2D eigenvalue weighted by atomic mass is 9.92. The van der Waals surface area contributed by atoms with E-state index in [4.69, 9.17) is 9.47 Å². The number of hydrogen-bond donors (Lipinski definition) is 0. The van der Waals surface area contributed by atoms with Crippen molar-refractivity contribution in [1.29, 1.82) is 0 Å². The van der Waals surface area contributed by atoms with Crippen LogP contribution in [0.1, 0.15) is 22.5 Å². The van der Waals surface area contributed by atoms with Crippen molar-refractivity contribution in [3.63, 3.8) is 0 Å². The van der Waals surface area contributed by atoms with Gasteiger partial charge < -0.3 is 18.6 Å². The van der Waals surface area contributed by atoms with Gasteiger partial charge in [-0.3, -0.25) is 14.5 Å². The highest BCUT2D eigenvalue weighted by atomic mass is 16.5. The number of hydrogen-bond acceptors (Lipinski definition) is 4. The molecule has 1 aliphatic heterocycles. The summed E-state index contributed by atoms with van der Waals surface area (Å²) in [5.41, 5.74) is 6.09. The maximum absolute atomic E-state index is 13.6. The second-order valence-electron chi connectivity index (χ2n) is 8.72. The van der Waals surface area contributed by atoms with Crippen molar-refractivity contribution in [2.45, 2.75) is 13.8 Å². The van der Waals surface area contributed by atoms with Gasteiger partial charge in [-0.1, -0.05) is 0 Å². The van der Waals surface area contributed by atoms with E-state index in [-0.39, 0.29) is 11.8 Å². The second-order valence-corrected chi connectivity index (χ2v) is 8.72. The van der Waals surface area contributed by atoms with Crippen LogP contribution in [0.15, 0.2) is 36.4 Å². The van der Waals surface area contributed by atoms with Crippen molar-refractivity contribution in [2.24, 2.45) is 14.1 Å². The number of benzene rings is 2. The largest absolute Gasteiger partial charge is 0.497 e. The average molecular weight is 458 g/mol. The molecule has 0 N–H and O–H groups in total. The molecule has 0 bridgehead atoms. The van der Waals surface area contributed by atoms with E-state index in [1.165, 1.54) is 4.90 Å². The minimum atomic E-state index is -0.308. The quantitative estimate of drug-likeness (QED) is 0.431. The summed E-state index contributed by atoms with van der Waals surface area (Å²) in [5.74, 6) is 0.769. The molecule has 174 valence electrons. The normalized spacial score (nSPS) is 14.3. The van der Waals surface area contributed by atoms with E-state index < -0.39 is 0 Å². The predicted molar refractivity (Wildman–Crippen MR) is 133 cm³/mol. The summed E-state index contributed by atoms with van der Waals surface area (Å²) in [5, 5.41) is 1.75. The summed E-state index contributed by atoms with van der Waals surface area (Å²) in [6, 6.07) is 11.6. The molecule has 0 spiro atoms. The SMILES string of the molecule is COc1ccc2c(c1)c(C1=C(c3c(C)n(C)c4ccc(OC)cc34)C(=O)N(C)C1=O)c(C)n2C. The Morgan fingerprint density at radius 2 is 1.03 bits per heavy atom. The van der Waals surface area contributed by atoms with Crippen molar-refractivity contribution in [3.05, 3.63) is 58.9 Å². The number of methoxy groups -OCH3 is 2. The van der Waals surface area contributed by atoms with Crippen LogP contribution in [-0.4, -0.2) is 47.1 Å². The molecule has 0 atom stereocenters. The number of ether oxygens (including phenoxy) is 2. The minimum absolute atomic E-state index is 0.308. The Kier molecular flexibility index (Phi) is 4.82. The first kappa shape index (κ1) is 21.8. The van der Waals surface area contributed by atoms with Gasteiger partial charge in [0.15, 0.2) is 0 Å². The van der Waals surface area contributed by atoms with Gasteiger partial charge in [-0.15, -0.1) is 0 Å². The van der Waals surface area contributed by atoms with Gasteiger partial charge in [0, 0.05) is 65.5 Å². The summed E-state index contributed by atoms with van der Waals surface area (Å²) in [4.78, 5) is 28.4. The number of fused-ring (bicyclic) bond motifs is 2. The fraction of sp³-hybridized carbons (Fsp3) is 0.259. The third kappa shape index (κ3) is 2.76. The molecule has 2 aromatic heterocycles. The molecule has 0 saturated heterocycles. The molecule has 0 fully saturated rings. The van der Waals surface area contributed by atoms with Gasteiger partial charge >= 0.3 is 0 Å². The van der Waals surface area contributed by atoms with Crippen LogP contribution in [-0.2, 0) is 23.7 Å². The van der Waals surface area contributed by atoms with Crippen molar-refractivity contribution in [3.8, 4) is 11.5 Å². The minimum Gasteiger partial charge on any atom is -0.497 e. The topological polar surface area (TPSA) is 65.7 Å². The van der Waals surface area contributed by atoms with Crippen molar-refractivity contribution < 1.29 is 19.1 Å². The van der Waals surface area contributed by atoms with Crippen molar-refractivity contribution in [2.75, 3.05) is 21.3 Å². The van der Waals surface area contributed by atoms with Gasteiger partial charge in [0.25, 0.3) is 11.8 Å². The highest BCUT2D eigenvalue weighted by Crippen LogP contribution is 2.44. The van der Waals surface area contributed by atoms with Gasteiger partial charge in [-0.05, 0) is 50.2 Å². The fourth-order valence-electron chi connectivity index (χ4n) is 5.09. The Balaban J connectivity index is 1.95. The van der Waals surface area contributed by atoms with Crippen molar-refractivity contribution >= 4 is 44.8 Å². The number of aryl methyl sites for hydroxylation is 2. The number of amides is 2. The lowest BCUT2D eigenvalue weighted by Crippen LogP contribution is -2.26. The summed E-state index contributed by atoms with van der Waals surface area (Å²) >= 11 is 0. The molecule has 4 aromatic rings. The molecule has 3 heterocycles. The molecule has 1 aliphatic rings. The number of nitrogens with zero attached hydrogens (tertiary/aromatic N) is 3. The van der Waals surface area contributed by atoms with E-state index in [9.17, 15) is 9.59 Å². The molecule has 2 amide bonds. The molecule has 7 heteroatoms. The predicted octanol–water partition coefficient (Wildman–Crippen LogP) is 4.21. The highest BCUT2D eigenvalue weighted by molar-refractivity contribution is 6.51. The molecule has 0 saturated carbocycles. The Bertz CT molecular complexity index is 1450. The van der Waals surface area contributed by atoms with Crippen LogP contribution in [0.5, 0.6) is 11.5 Å². The molecule has 5 rings (SSSR count). The van der Waals surface area contributed by atoms with E-state index in [0.717, 1.165) is 44.3 Å². The summed E-state index contributed by atoms with van der Waals surface area (Å²) in [6.07, 6.45) is 0. The van der Waals surface area contributed by atoms with Crippen LogP contribution < -0.4 is 9.47 Å². The first-order chi connectivity index (χ1) is 16.2. The van der Waals surface area contributed by atoms with Gasteiger partial charge in [0.2, 0.25) is 0 Å². The fourth-order valence-corrected chi connectivity index (χ4v) is 5.09. The van der Waals surface area contributed by atoms with Crippen LogP contribution in [0.2, 0.25) is 0 Å². The maximum Gasteiger partial charge on any atom is 0.262 e. The zero-order valence-electron chi connectivity index (χ0n) is 20.4. The van der Waals surface area contributed by atoms with E-state index in [0.29, 0.717) is 22.6 Å². The Morgan fingerprint density at radius 3 is 1.38 bits per heavy atom. The van der Waals surface area contributed by atoms with Crippen LogP contribution in [0.3, 0.4) is 0 Å². The Hall–Kier alpha value is -4.00. The molecule has 0 aliphatic carbocycles. The third-order valence-corrected chi connectivity index (χ3v) is 7.19. The number of rotatable bonds is 4. The monoisotopic (exact) mass is 457 g/mol. The smallest absolute Gasteiger partial charge is 0.262 e. The number of imide groups is 1. The first-order valence-corrected chi connectivity index (χ1v) is 11.0. The molecule has 34 heavy (non-hydrogen) atoms. The van der Waals surface area contributed by atoms with E-state index in [2.05, 4.69) is 0 Å². The van der Waals surface area contributed by atoms with E-state index in [1.54, 1.807) is 21.3 Å². The lowest BCUT2D eigenvalue weighted by Gasteiger charge is -2.08. The van der Waals surface area contributed by atoms with Crippen LogP contribution in [0, 0.1) is 13.8 Å². The molecular formula is C27H27N3O4. The Morgan fingerprint density at radius 1 is 0.647 bits per heavy atom. The van der Waals surface area contributed by atoms with Crippen LogP contribution in [0.4, 0.5) is 0 Å². The van der Waals surface area contributed by atoms with Gasteiger partial charge in [0.1, 0.15) is 11.5 Å². The van der Waals surface area contributed by atoms with Gasteiger partial charge in [0.05, 0.1) is 25.4 Å². The third-order valence-electron chi connectivity index (χ3n) is 7.19. The van der Waals surface area contributed by atoms with Crippen LogP contribution in [0.25, 0.3) is 33.0 Å². The zero-order valence-corrected chi connectivity index (χ0v) is 20.4. The molecular weight excluding hydrogens is 430 g/mol. The zero-order chi connectivity index (χ0) is 24.5. The van der Waals surface area contributed by atoms with Crippen molar-refractivity contribution in [1.82, 2.24) is 14.0 Å². The standard InChI is InChI=1S/C27H27N3O4/c1-14-22(18-12-16(33-6)8-10-20(18)28(14)3)24-25(27(32)30(5)26(24)31)23-15(2)29(4)21-11-9-17(34-7)13-19(21)23/h8-13H,1-7H3. The van der Waals surface area contributed by atoms with Crippen LogP contribution >= 0.6 is 0 Å². The number of likely N-dealkylation sites (N-methyl/N-ethyl adjacent to an activating group) is 1. The number of aromatic nitrogens is 2. The highest BCUT2D eigenvalue weighted by Gasteiger charge is 2.41. The molecule has 0 radical (unpaired) electrons. The number of carbonyl (C=O) groups excluding carboxylic acids is 2. The molecule has 7 nitrogen and oxygen atoms in total. The van der Waals surface area contributed by atoms with E-state index in [1.807, 2.05) is 73.5 Å². The van der Waals surface area contributed by atoms with Gasteiger partial charge in [-0.2, -0.15) is 0 Å². The van der Waals surface area contributed by atoms with E-state index >= 15 is 0 Å².